The van der Waals surface area contributed by atoms with E-state index in [0.29, 0.717) is 6.54 Å². The van der Waals surface area contributed by atoms with Crippen LogP contribution in [-0.4, -0.2) is 40.0 Å². The Balaban J connectivity index is 1.73. The number of piperidine rings is 1. The molecule has 1 atom stereocenters. The lowest BCUT2D eigenvalue weighted by molar-refractivity contribution is 0.0695. The molecule has 1 unspecified atom stereocenters. The molecule has 3 heterocycles. The third-order valence-corrected chi connectivity index (χ3v) is 5.39. The summed E-state index contributed by atoms with van der Waals surface area (Å²) in [7, 11) is 0. The van der Waals surface area contributed by atoms with Crippen LogP contribution in [0.5, 0.6) is 0 Å². The number of hydrogen-bond acceptors (Lipinski definition) is 5. The van der Waals surface area contributed by atoms with Crippen LogP contribution in [-0.2, 0) is 0 Å². The van der Waals surface area contributed by atoms with Gasteiger partial charge in [-0.3, -0.25) is 4.79 Å². The highest BCUT2D eigenvalue weighted by Crippen LogP contribution is 2.30. The van der Waals surface area contributed by atoms with Crippen molar-refractivity contribution in [3.63, 3.8) is 0 Å². The molecule has 0 aliphatic carbocycles. The zero-order chi connectivity index (χ0) is 14.8. The van der Waals surface area contributed by atoms with E-state index in [1.54, 1.807) is 0 Å². The molecule has 1 N–H and O–H groups in total. The minimum absolute atomic E-state index is 0.0518. The first-order valence-corrected chi connectivity index (χ1v) is 8.41. The number of thiophene rings is 1. The van der Waals surface area contributed by atoms with Crippen LogP contribution >= 0.6 is 22.7 Å². The molecule has 21 heavy (non-hydrogen) atoms. The van der Waals surface area contributed by atoms with Crippen LogP contribution in [0, 0.1) is 0 Å². The van der Waals surface area contributed by atoms with Crippen LogP contribution < -0.4 is 0 Å². The first kappa shape index (κ1) is 14.2. The summed E-state index contributed by atoms with van der Waals surface area (Å²) in [5, 5.41) is 13.5. The quantitative estimate of drug-likeness (QED) is 0.943. The molecule has 1 fully saturated rings. The fourth-order valence-electron chi connectivity index (χ4n) is 2.51. The zero-order valence-corrected chi connectivity index (χ0v) is 12.8. The van der Waals surface area contributed by atoms with E-state index in [2.05, 4.69) is 4.98 Å². The lowest BCUT2D eigenvalue weighted by Crippen LogP contribution is -2.38. The summed E-state index contributed by atoms with van der Waals surface area (Å²) in [5.74, 6) is -0.754. The number of hydrogen-bond donors (Lipinski definition) is 1. The Bertz CT molecular complexity index is 651. The fourth-order valence-corrected chi connectivity index (χ4v) is 4.02. The molecule has 1 saturated heterocycles. The van der Waals surface area contributed by atoms with Crippen molar-refractivity contribution in [1.29, 1.82) is 0 Å². The van der Waals surface area contributed by atoms with Gasteiger partial charge in [0.25, 0.3) is 5.91 Å². The third kappa shape index (κ3) is 2.98. The van der Waals surface area contributed by atoms with E-state index in [0.717, 1.165) is 30.0 Å². The van der Waals surface area contributed by atoms with E-state index in [1.807, 2.05) is 21.7 Å². The largest absolute Gasteiger partial charge is 0.477 e. The Kier molecular flexibility index (Phi) is 4.03. The van der Waals surface area contributed by atoms with E-state index in [1.165, 1.54) is 28.9 Å². The molecule has 1 amide bonds. The third-order valence-electron chi connectivity index (χ3n) is 3.56. The van der Waals surface area contributed by atoms with Gasteiger partial charge in [-0.25, -0.2) is 9.78 Å². The highest BCUT2D eigenvalue weighted by atomic mass is 32.1. The number of carbonyl (C=O) groups is 2. The average Bonchev–Trinajstić information content (AvgIpc) is 3.18. The molecule has 1 aliphatic heterocycles. The number of nitrogens with zero attached hydrogens (tertiary/aromatic N) is 2. The smallest absolute Gasteiger partial charge is 0.347 e. The Morgan fingerprint density at radius 1 is 1.43 bits per heavy atom. The molecular weight excluding hydrogens is 308 g/mol. The second-order valence-electron chi connectivity index (χ2n) is 4.97. The first-order chi connectivity index (χ1) is 10.1. The monoisotopic (exact) mass is 322 g/mol. The van der Waals surface area contributed by atoms with Crippen LogP contribution in [0.1, 0.15) is 43.8 Å². The van der Waals surface area contributed by atoms with E-state index in [9.17, 15) is 9.59 Å². The van der Waals surface area contributed by atoms with E-state index >= 15 is 0 Å². The second-order valence-corrected chi connectivity index (χ2v) is 6.81. The minimum Gasteiger partial charge on any atom is -0.477 e. The summed E-state index contributed by atoms with van der Waals surface area (Å²) in [5.41, 5.74) is 0.728. The number of amides is 1. The van der Waals surface area contributed by atoms with Gasteiger partial charge in [-0.15, -0.1) is 11.3 Å². The van der Waals surface area contributed by atoms with Crippen molar-refractivity contribution < 1.29 is 14.7 Å². The van der Waals surface area contributed by atoms with E-state index in [-0.39, 0.29) is 16.7 Å². The first-order valence-electron chi connectivity index (χ1n) is 6.65. The number of rotatable bonds is 3. The molecule has 0 bridgehead atoms. The average molecular weight is 322 g/mol. The standard InChI is InChI=1S/C14H14N2O3S2/c17-13(10-3-5-20-8-10)16-4-1-2-9(7-16)12-15-6-11(21-12)14(18)19/h3,5-6,8-9H,1-2,4,7H2,(H,18,19). The van der Waals surface area contributed by atoms with Crippen LogP contribution in [0.2, 0.25) is 0 Å². The molecule has 0 radical (unpaired) electrons. The Hall–Kier alpha value is -1.73. The van der Waals surface area contributed by atoms with Crippen molar-refractivity contribution in [3.05, 3.63) is 38.5 Å². The van der Waals surface area contributed by atoms with Crippen molar-refractivity contribution in [3.8, 4) is 0 Å². The SMILES string of the molecule is O=C(O)c1cnc(C2CCCN(C(=O)c3ccsc3)C2)s1. The van der Waals surface area contributed by atoms with Gasteiger partial charge in [0.2, 0.25) is 0 Å². The van der Waals surface area contributed by atoms with E-state index in [4.69, 9.17) is 5.11 Å². The summed E-state index contributed by atoms with van der Waals surface area (Å²) < 4.78 is 0. The van der Waals surface area contributed by atoms with Gasteiger partial charge in [-0.1, -0.05) is 0 Å². The van der Waals surface area contributed by atoms with Gasteiger partial charge >= 0.3 is 5.97 Å². The van der Waals surface area contributed by atoms with Gasteiger partial charge in [-0.2, -0.15) is 11.3 Å². The molecule has 2 aromatic rings. The summed E-state index contributed by atoms with van der Waals surface area (Å²) in [6.45, 7) is 1.36. The molecule has 7 heteroatoms. The Labute approximate surface area is 129 Å². The summed E-state index contributed by atoms with van der Waals surface area (Å²) in [6.07, 6.45) is 3.27. The van der Waals surface area contributed by atoms with Crippen LogP contribution in [0.3, 0.4) is 0 Å². The van der Waals surface area contributed by atoms with Crippen molar-refractivity contribution >= 4 is 34.6 Å². The minimum atomic E-state index is -0.944. The van der Waals surface area contributed by atoms with Crippen molar-refractivity contribution in [2.24, 2.45) is 0 Å². The molecule has 1 aliphatic rings. The molecule has 0 saturated carbocycles. The fraction of sp³-hybridized carbons (Fsp3) is 0.357. The van der Waals surface area contributed by atoms with Gasteiger partial charge < -0.3 is 10.0 Å². The normalized spacial score (nSPS) is 18.7. The molecular formula is C14H14N2O3S2. The summed E-state index contributed by atoms with van der Waals surface area (Å²) in [6, 6.07) is 1.84. The summed E-state index contributed by atoms with van der Waals surface area (Å²) in [4.78, 5) is 29.6. The number of likely N-dealkylation sites (tertiary alicyclic amines) is 1. The van der Waals surface area contributed by atoms with E-state index < -0.39 is 5.97 Å². The molecule has 110 valence electrons. The molecule has 0 aromatic carbocycles. The zero-order valence-electron chi connectivity index (χ0n) is 11.2. The Morgan fingerprint density at radius 2 is 2.29 bits per heavy atom. The summed E-state index contributed by atoms with van der Waals surface area (Å²) >= 11 is 2.72. The van der Waals surface area contributed by atoms with Crippen molar-refractivity contribution in [1.82, 2.24) is 9.88 Å². The molecule has 0 spiro atoms. The highest BCUT2D eigenvalue weighted by molar-refractivity contribution is 7.13. The van der Waals surface area contributed by atoms with Crippen molar-refractivity contribution in [2.45, 2.75) is 18.8 Å². The number of carboxylic acid groups (broad SMARTS) is 1. The highest BCUT2D eigenvalue weighted by Gasteiger charge is 2.27. The van der Waals surface area contributed by atoms with Gasteiger partial charge in [-0.05, 0) is 24.3 Å². The maximum Gasteiger partial charge on any atom is 0.347 e. The lowest BCUT2D eigenvalue weighted by atomic mass is 9.98. The van der Waals surface area contributed by atoms with Gasteiger partial charge in [0, 0.05) is 24.4 Å². The second kappa shape index (κ2) is 5.95. The van der Waals surface area contributed by atoms with Crippen LogP contribution in [0.25, 0.3) is 0 Å². The predicted octanol–water partition coefficient (Wildman–Crippen LogP) is 2.92. The molecule has 5 nitrogen and oxygen atoms in total. The molecule has 2 aromatic heterocycles. The molecule has 3 rings (SSSR count). The topological polar surface area (TPSA) is 70.5 Å². The predicted molar refractivity (Wildman–Crippen MR) is 81.3 cm³/mol. The number of aromatic carboxylic acids is 1. The maximum atomic E-state index is 12.4. The number of carboxylic acids is 1. The van der Waals surface area contributed by atoms with Gasteiger partial charge in [0.1, 0.15) is 4.88 Å². The lowest BCUT2D eigenvalue weighted by Gasteiger charge is -2.31. The number of thiazole rings is 1. The number of aromatic nitrogens is 1. The maximum absolute atomic E-state index is 12.4. The van der Waals surface area contributed by atoms with Crippen LogP contribution in [0.4, 0.5) is 0 Å². The number of carbonyl (C=O) groups excluding carboxylic acids is 1. The van der Waals surface area contributed by atoms with Crippen LogP contribution in [0.15, 0.2) is 23.0 Å². The van der Waals surface area contributed by atoms with Crippen molar-refractivity contribution in [2.75, 3.05) is 13.1 Å². The Morgan fingerprint density at radius 3 is 2.95 bits per heavy atom. The van der Waals surface area contributed by atoms with Gasteiger partial charge in [0.15, 0.2) is 0 Å². The van der Waals surface area contributed by atoms with Gasteiger partial charge in [0.05, 0.1) is 16.8 Å².